The molecule has 1 unspecified atom stereocenters. The molecule has 1 rings (SSSR count). The van der Waals surface area contributed by atoms with Gasteiger partial charge in [-0.15, -0.1) is 0 Å². The van der Waals surface area contributed by atoms with E-state index in [4.69, 9.17) is 12.6 Å². The summed E-state index contributed by atoms with van der Waals surface area (Å²) in [6, 6.07) is 9.03. The van der Waals surface area contributed by atoms with Gasteiger partial charge in [0.1, 0.15) is 0 Å². The number of rotatable bonds is 2. The fourth-order valence-electron chi connectivity index (χ4n) is 0.857. The van der Waals surface area contributed by atoms with E-state index in [0.29, 0.717) is 5.56 Å². The van der Waals surface area contributed by atoms with E-state index in [9.17, 15) is 4.79 Å². The van der Waals surface area contributed by atoms with E-state index in [0.717, 1.165) is 0 Å². The third-order valence-electron chi connectivity index (χ3n) is 1.37. The van der Waals surface area contributed by atoms with E-state index >= 15 is 0 Å². The highest BCUT2D eigenvalue weighted by Gasteiger charge is 2.05. The van der Waals surface area contributed by atoms with Crippen molar-refractivity contribution in [1.82, 2.24) is 5.32 Å². The average molecular weight is 180 g/mol. The molecule has 0 bridgehead atoms. The highest BCUT2D eigenvalue weighted by atomic mass is 32.1. The number of hydrogen-bond acceptors (Lipinski definition) is 1. The van der Waals surface area contributed by atoms with Crippen LogP contribution in [-0.2, 0) is 0 Å². The standard InChI is InChI=1S/C9H10NOS/c1-7(12)10-9(11)8-5-3-2-4-6-8/h2-7H,1H3,(H,10,11). The third-order valence-corrected chi connectivity index (χ3v) is 1.49. The molecular formula is C9H10NOS. The fourth-order valence-corrected chi connectivity index (χ4v) is 0.965. The van der Waals surface area contributed by atoms with Crippen LogP contribution in [0.3, 0.4) is 0 Å². The van der Waals surface area contributed by atoms with E-state index in [2.05, 4.69) is 5.32 Å². The van der Waals surface area contributed by atoms with E-state index in [1.54, 1.807) is 19.1 Å². The molecule has 1 N–H and O–H groups in total. The highest BCUT2D eigenvalue weighted by Crippen LogP contribution is 1.99. The van der Waals surface area contributed by atoms with Gasteiger partial charge in [0.05, 0.1) is 5.37 Å². The molecule has 0 saturated carbocycles. The lowest BCUT2D eigenvalue weighted by molar-refractivity contribution is 0.0952. The normalized spacial score (nSPS) is 12.2. The van der Waals surface area contributed by atoms with Gasteiger partial charge in [-0.05, 0) is 19.1 Å². The summed E-state index contributed by atoms with van der Waals surface area (Å²) in [6.45, 7) is 1.76. The second kappa shape index (κ2) is 4.16. The summed E-state index contributed by atoms with van der Waals surface area (Å²) in [6.07, 6.45) is 0. The number of benzene rings is 1. The number of amides is 1. The molecule has 1 amide bonds. The van der Waals surface area contributed by atoms with Crippen molar-refractivity contribution in [2.45, 2.75) is 12.3 Å². The molecule has 0 spiro atoms. The lowest BCUT2D eigenvalue weighted by Gasteiger charge is -2.05. The lowest BCUT2D eigenvalue weighted by Crippen LogP contribution is -2.28. The van der Waals surface area contributed by atoms with Gasteiger partial charge in [-0.1, -0.05) is 30.8 Å². The summed E-state index contributed by atoms with van der Waals surface area (Å²) >= 11 is 4.82. The molecule has 3 heteroatoms. The highest BCUT2D eigenvalue weighted by molar-refractivity contribution is 7.80. The van der Waals surface area contributed by atoms with Crippen LogP contribution in [0.15, 0.2) is 30.3 Å². The molecule has 0 aliphatic rings. The summed E-state index contributed by atoms with van der Waals surface area (Å²) in [5, 5.41) is 2.41. The van der Waals surface area contributed by atoms with E-state index in [1.165, 1.54) is 0 Å². The number of carbonyl (C=O) groups is 1. The Morgan fingerprint density at radius 3 is 2.50 bits per heavy atom. The van der Waals surface area contributed by atoms with E-state index < -0.39 is 0 Å². The first-order valence-corrected chi connectivity index (χ1v) is 4.19. The Morgan fingerprint density at radius 2 is 2.00 bits per heavy atom. The third kappa shape index (κ3) is 2.58. The molecule has 1 aromatic rings. The first kappa shape index (κ1) is 9.13. The van der Waals surface area contributed by atoms with Crippen molar-refractivity contribution in [3.63, 3.8) is 0 Å². The molecule has 0 saturated heterocycles. The average Bonchev–Trinajstić information content (AvgIpc) is 2.05. The number of carbonyl (C=O) groups excluding carboxylic acids is 1. The van der Waals surface area contributed by atoms with Gasteiger partial charge in [0.2, 0.25) is 0 Å². The molecule has 2 nitrogen and oxygen atoms in total. The van der Waals surface area contributed by atoms with Crippen LogP contribution in [0.1, 0.15) is 17.3 Å². The Hall–Kier alpha value is -0.960. The maximum absolute atomic E-state index is 11.3. The Bertz CT molecular complexity index is 258. The predicted molar refractivity (Wildman–Crippen MR) is 51.0 cm³/mol. The van der Waals surface area contributed by atoms with Crippen LogP contribution in [0.25, 0.3) is 0 Å². The van der Waals surface area contributed by atoms with Crippen LogP contribution in [0.5, 0.6) is 0 Å². The first-order chi connectivity index (χ1) is 5.70. The topological polar surface area (TPSA) is 29.1 Å². The summed E-state index contributed by atoms with van der Waals surface area (Å²) in [5.74, 6) is -0.113. The molecule has 0 aromatic heterocycles. The van der Waals surface area contributed by atoms with Crippen LogP contribution < -0.4 is 5.32 Å². The molecule has 0 fully saturated rings. The minimum absolute atomic E-state index is 0.113. The van der Waals surface area contributed by atoms with Gasteiger partial charge in [0.15, 0.2) is 0 Å². The van der Waals surface area contributed by atoms with Gasteiger partial charge < -0.3 is 5.32 Å². The first-order valence-electron chi connectivity index (χ1n) is 3.72. The molecular weight excluding hydrogens is 170 g/mol. The smallest absolute Gasteiger partial charge is 0.252 e. The molecule has 12 heavy (non-hydrogen) atoms. The minimum atomic E-state index is -0.224. The second-order valence-electron chi connectivity index (χ2n) is 2.48. The van der Waals surface area contributed by atoms with Crippen molar-refractivity contribution in [3.05, 3.63) is 35.9 Å². The molecule has 1 radical (unpaired) electrons. The molecule has 1 aromatic carbocycles. The van der Waals surface area contributed by atoms with Gasteiger partial charge in [0.25, 0.3) is 5.91 Å². The molecule has 0 aliphatic carbocycles. The monoisotopic (exact) mass is 180 g/mol. The molecule has 0 aliphatic heterocycles. The second-order valence-corrected chi connectivity index (χ2v) is 3.19. The van der Waals surface area contributed by atoms with Gasteiger partial charge in [-0.25, -0.2) is 0 Å². The number of nitrogens with one attached hydrogen (secondary N) is 1. The number of hydrogen-bond donors (Lipinski definition) is 1. The fraction of sp³-hybridized carbons (Fsp3) is 0.222. The van der Waals surface area contributed by atoms with Gasteiger partial charge in [0, 0.05) is 5.56 Å². The lowest BCUT2D eigenvalue weighted by atomic mass is 10.2. The summed E-state index contributed by atoms with van der Waals surface area (Å²) in [4.78, 5) is 11.3. The SMILES string of the molecule is CC([S])NC(=O)c1ccccc1. The largest absolute Gasteiger partial charge is 0.340 e. The van der Waals surface area contributed by atoms with E-state index in [-0.39, 0.29) is 11.3 Å². The van der Waals surface area contributed by atoms with Crippen molar-refractivity contribution in [1.29, 1.82) is 0 Å². The van der Waals surface area contributed by atoms with Gasteiger partial charge >= 0.3 is 0 Å². The zero-order valence-corrected chi connectivity index (χ0v) is 7.60. The Labute approximate surface area is 77.4 Å². The van der Waals surface area contributed by atoms with Crippen LogP contribution in [-0.4, -0.2) is 11.3 Å². The van der Waals surface area contributed by atoms with E-state index in [1.807, 2.05) is 18.2 Å². The molecule has 1 atom stereocenters. The van der Waals surface area contributed by atoms with Crippen molar-refractivity contribution in [2.75, 3.05) is 0 Å². The van der Waals surface area contributed by atoms with Crippen LogP contribution in [0.4, 0.5) is 0 Å². The zero-order chi connectivity index (χ0) is 8.97. The van der Waals surface area contributed by atoms with Crippen molar-refractivity contribution < 1.29 is 4.79 Å². The van der Waals surface area contributed by atoms with Crippen molar-refractivity contribution >= 4 is 18.5 Å². The van der Waals surface area contributed by atoms with Crippen molar-refractivity contribution in [3.8, 4) is 0 Å². The zero-order valence-electron chi connectivity index (χ0n) is 6.78. The van der Waals surface area contributed by atoms with Gasteiger partial charge in [-0.2, -0.15) is 0 Å². The Morgan fingerprint density at radius 1 is 1.42 bits per heavy atom. The van der Waals surface area contributed by atoms with Crippen LogP contribution >= 0.6 is 12.6 Å². The summed E-state index contributed by atoms with van der Waals surface area (Å²) < 4.78 is 0. The van der Waals surface area contributed by atoms with Crippen molar-refractivity contribution in [2.24, 2.45) is 0 Å². The Kier molecular flexibility index (Phi) is 3.17. The van der Waals surface area contributed by atoms with Crippen LogP contribution in [0.2, 0.25) is 0 Å². The quantitative estimate of drug-likeness (QED) is 0.740. The van der Waals surface area contributed by atoms with Crippen LogP contribution in [0, 0.1) is 0 Å². The Balaban J connectivity index is 2.66. The van der Waals surface area contributed by atoms with Gasteiger partial charge in [-0.3, -0.25) is 4.79 Å². The maximum Gasteiger partial charge on any atom is 0.252 e. The maximum atomic E-state index is 11.3. The summed E-state index contributed by atoms with van der Waals surface area (Å²) in [5.41, 5.74) is 0.647. The minimum Gasteiger partial charge on any atom is -0.340 e. The predicted octanol–water partition coefficient (Wildman–Crippen LogP) is 1.96. The molecule has 63 valence electrons. The summed E-state index contributed by atoms with van der Waals surface area (Å²) in [7, 11) is 0. The molecule has 0 heterocycles.